The Kier molecular flexibility index (Phi) is 4.15. The minimum absolute atomic E-state index is 0.511. The van der Waals surface area contributed by atoms with Gasteiger partial charge in [-0.3, -0.25) is 4.57 Å². The van der Waals surface area contributed by atoms with Crippen molar-refractivity contribution in [2.24, 2.45) is 0 Å². The summed E-state index contributed by atoms with van der Waals surface area (Å²) in [5.41, 5.74) is 0. The summed E-state index contributed by atoms with van der Waals surface area (Å²) in [5, 5.41) is 3.94. The van der Waals surface area contributed by atoms with E-state index in [-0.39, 0.29) is 0 Å². The highest BCUT2D eigenvalue weighted by Gasteiger charge is 2.05. The van der Waals surface area contributed by atoms with Gasteiger partial charge in [0.25, 0.3) is 4.84 Å². The summed E-state index contributed by atoms with van der Waals surface area (Å²) in [7, 11) is 0. The molecule has 0 spiro atoms. The van der Waals surface area contributed by atoms with Gasteiger partial charge in [-0.15, -0.1) is 0 Å². The van der Waals surface area contributed by atoms with Gasteiger partial charge in [-0.05, 0) is 25.1 Å². The third-order valence-corrected chi connectivity index (χ3v) is 2.26. The second-order valence-electron chi connectivity index (χ2n) is 3.12. The molecule has 0 atom stereocenters. The van der Waals surface area contributed by atoms with Crippen molar-refractivity contribution in [3.8, 4) is 0 Å². The van der Waals surface area contributed by atoms with Gasteiger partial charge in [-0.25, -0.2) is 0 Å². The topological polar surface area (TPSA) is 31.0 Å². The van der Waals surface area contributed by atoms with Crippen molar-refractivity contribution in [3.63, 3.8) is 0 Å². The fraction of sp³-hybridized carbons (Fsp3) is 0.778. The summed E-state index contributed by atoms with van der Waals surface area (Å²) >= 11 is 5.03. The van der Waals surface area contributed by atoms with Crippen LogP contribution in [-0.2, 0) is 13.0 Å². The van der Waals surface area contributed by atoms with Crippen molar-refractivity contribution in [2.75, 3.05) is 0 Å². The molecule has 13 heavy (non-hydrogen) atoms. The van der Waals surface area contributed by atoms with Crippen molar-refractivity contribution in [1.82, 2.24) is 9.72 Å². The molecule has 0 saturated carbocycles. The molecule has 3 nitrogen and oxygen atoms in total. The highest BCUT2D eigenvalue weighted by molar-refractivity contribution is 7.71. The van der Waals surface area contributed by atoms with Crippen molar-refractivity contribution in [2.45, 2.75) is 46.1 Å². The zero-order valence-electron chi connectivity index (χ0n) is 8.25. The zero-order valence-corrected chi connectivity index (χ0v) is 9.06. The molecule has 0 aromatic carbocycles. The third kappa shape index (κ3) is 2.66. The van der Waals surface area contributed by atoms with E-state index in [1.54, 1.807) is 0 Å². The van der Waals surface area contributed by atoms with Crippen LogP contribution in [0.2, 0.25) is 0 Å². The first-order chi connectivity index (χ1) is 6.29. The maximum atomic E-state index is 5.03. The van der Waals surface area contributed by atoms with Gasteiger partial charge in [-0.2, -0.15) is 0 Å². The van der Waals surface area contributed by atoms with Crippen LogP contribution in [-0.4, -0.2) is 9.72 Å². The van der Waals surface area contributed by atoms with Gasteiger partial charge in [0.15, 0.2) is 5.82 Å². The first-order valence-corrected chi connectivity index (χ1v) is 5.25. The Bertz CT molecular complexity index is 303. The highest BCUT2D eigenvalue weighted by atomic mass is 32.1. The van der Waals surface area contributed by atoms with Gasteiger partial charge in [-0.1, -0.05) is 25.4 Å². The van der Waals surface area contributed by atoms with Crippen LogP contribution in [0.15, 0.2) is 4.52 Å². The average Bonchev–Trinajstić information content (AvgIpc) is 2.45. The van der Waals surface area contributed by atoms with Gasteiger partial charge in [0.2, 0.25) is 0 Å². The molecule has 0 aliphatic carbocycles. The lowest BCUT2D eigenvalue weighted by Gasteiger charge is -2.02. The fourth-order valence-corrected chi connectivity index (χ4v) is 1.47. The summed E-state index contributed by atoms with van der Waals surface area (Å²) in [5.74, 6) is 0.987. The predicted molar refractivity (Wildman–Crippen MR) is 54.2 cm³/mol. The third-order valence-electron chi connectivity index (χ3n) is 1.97. The van der Waals surface area contributed by atoms with E-state index in [1.165, 1.54) is 6.42 Å². The molecule has 74 valence electrons. The van der Waals surface area contributed by atoms with Gasteiger partial charge in [0.05, 0.1) is 0 Å². The average molecular weight is 200 g/mol. The summed E-state index contributed by atoms with van der Waals surface area (Å²) in [6.45, 7) is 5.23. The number of aromatic nitrogens is 2. The molecule has 0 amide bonds. The molecule has 0 N–H and O–H groups in total. The smallest absolute Gasteiger partial charge is 0.297 e. The maximum absolute atomic E-state index is 5.03. The van der Waals surface area contributed by atoms with Gasteiger partial charge < -0.3 is 4.52 Å². The SMILES string of the molecule is CCCCn1c(CCC)noc1=S. The number of hydrogen-bond acceptors (Lipinski definition) is 3. The maximum Gasteiger partial charge on any atom is 0.297 e. The largest absolute Gasteiger partial charge is 0.324 e. The van der Waals surface area contributed by atoms with Crippen molar-refractivity contribution >= 4 is 12.2 Å². The van der Waals surface area contributed by atoms with E-state index in [2.05, 4.69) is 19.0 Å². The summed E-state index contributed by atoms with van der Waals surface area (Å²) in [6, 6.07) is 0. The molecule has 0 radical (unpaired) electrons. The number of unbranched alkanes of at least 4 members (excludes halogenated alkanes) is 1. The number of nitrogens with zero attached hydrogens (tertiary/aromatic N) is 2. The number of hydrogen-bond donors (Lipinski definition) is 0. The predicted octanol–water partition coefficient (Wildman–Crippen LogP) is 2.96. The minimum atomic E-state index is 0.511. The Labute approximate surface area is 83.7 Å². The minimum Gasteiger partial charge on any atom is -0.324 e. The quantitative estimate of drug-likeness (QED) is 0.685. The second kappa shape index (κ2) is 5.17. The van der Waals surface area contributed by atoms with Crippen LogP contribution in [0.1, 0.15) is 38.9 Å². The van der Waals surface area contributed by atoms with Gasteiger partial charge in [0, 0.05) is 13.0 Å². The molecule has 0 bridgehead atoms. The molecular weight excluding hydrogens is 184 g/mol. The monoisotopic (exact) mass is 200 g/mol. The first kappa shape index (κ1) is 10.4. The van der Waals surface area contributed by atoms with Gasteiger partial charge in [0.1, 0.15) is 0 Å². The normalized spacial score (nSPS) is 10.6. The van der Waals surface area contributed by atoms with Crippen molar-refractivity contribution < 1.29 is 4.52 Å². The molecule has 4 heteroatoms. The van der Waals surface area contributed by atoms with E-state index in [1.807, 2.05) is 4.57 Å². The first-order valence-electron chi connectivity index (χ1n) is 4.85. The molecule has 1 aromatic heterocycles. The molecule has 0 saturated heterocycles. The van der Waals surface area contributed by atoms with Crippen LogP contribution >= 0.6 is 12.2 Å². The second-order valence-corrected chi connectivity index (χ2v) is 3.47. The van der Waals surface area contributed by atoms with Crippen LogP contribution in [0.25, 0.3) is 0 Å². The summed E-state index contributed by atoms with van der Waals surface area (Å²) < 4.78 is 6.98. The Morgan fingerprint density at radius 2 is 2.15 bits per heavy atom. The van der Waals surface area contributed by atoms with E-state index >= 15 is 0 Å². The Morgan fingerprint density at radius 3 is 2.77 bits per heavy atom. The van der Waals surface area contributed by atoms with E-state index in [9.17, 15) is 0 Å². The molecule has 0 aliphatic heterocycles. The van der Waals surface area contributed by atoms with E-state index < -0.39 is 0 Å². The molecule has 0 fully saturated rings. The van der Waals surface area contributed by atoms with Crippen molar-refractivity contribution in [1.29, 1.82) is 0 Å². The van der Waals surface area contributed by atoms with Crippen LogP contribution in [0.3, 0.4) is 0 Å². The molecule has 0 unspecified atom stereocenters. The molecule has 0 aliphatic rings. The van der Waals surface area contributed by atoms with Crippen molar-refractivity contribution in [3.05, 3.63) is 10.7 Å². The lowest BCUT2D eigenvalue weighted by molar-refractivity contribution is 0.391. The van der Waals surface area contributed by atoms with E-state index in [0.29, 0.717) is 4.84 Å². The van der Waals surface area contributed by atoms with Crippen LogP contribution in [0, 0.1) is 4.84 Å². The Hall–Kier alpha value is -0.640. The zero-order chi connectivity index (χ0) is 9.68. The summed E-state index contributed by atoms with van der Waals surface area (Å²) in [4.78, 5) is 0.511. The highest BCUT2D eigenvalue weighted by Crippen LogP contribution is 2.05. The number of rotatable bonds is 5. The molecule has 1 rings (SSSR count). The van der Waals surface area contributed by atoms with E-state index in [0.717, 1.165) is 31.6 Å². The lowest BCUT2D eigenvalue weighted by Crippen LogP contribution is -2.03. The Morgan fingerprint density at radius 1 is 1.38 bits per heavy atom. The molecule has 1 aromatic rings. The number of aryl methyl sites for hydroxylation is 1. The summed E-state index contributed by atoms with van der Waals surface area (Å²) in [6.07, 6.45) is 4.32. The van der Waals surface area contributed by atoms with Gasteiger partial charge >= 0.3 is 0 Å². The molecular formula is C9H16N2OS. The van der Waals surface area contributed by atoms with Crippen LogP contribution < -0.4 is 0 Å². The standard InChI is InChI=1S/C9H16N2OS/c1-3-5-7-11-8(6-4-2)10-12-9(11)13/h3-7H2,1-2H3. The lowest BCUT2D eigenvalue weighted by atomic mass is 10.3. The Balaban J connectivity index is 2.75. The van der Waals surface area contributed by atoms with Crippen LogP contribution in [0.5, 0.6) is 0 Å². The van der Waals surface area contributed by atoms with Crippen LogP contribution in [0.4, 0.5) is 0 Å². The van der Waals surface area contributed by atoms with E-state index in [4.69, 9.17) is 16.7 Å². The molecule has 1 heterocycles. The fourth-order valence-electron chi connectivity index (χ4n) is 1.24.